The van der Waals surface area contributed by atoms with Crippen LogP contribution in [-0.4, -0.2) is 25.2 Å². The van der Waals surface area contributed by atoms with Crippen LogP contribution < -0.4 is 9.64 Å². The highest BCUT2D eigenvalue weighted by Gasteiger charge is 2.15. The molecule has 100 valence electrons. The van der Waals surface area contributed by atoms with Gasteiger partial charge in [0.1, 0.15) is 5.75 Å². The van der Waals surface area contributed by atoms with E-state index in [1.165, 1.54) is 0 Å². The van der Waals surface area contributed by atoms with Crippen molar-refractivity contribution in [3.63, 3.8) is 0 Å². The molecule has 0 aliphatic heterocycles. The van der Waals surface area contributed by atoms with E-state index in [1.54, 1.807) is 36.6 Å². The number of ether oxygens (including phenoxy) is 1. The number of methoxy groups -OCH3 is 1. The van der Waals surface area contributed by atoms with Crippen molar-refractivity contribution in [1.29, 1.82) is 0 Å². The Labute approximate surface area is 115 Å². The number of carboxylic acids is 1. The molecular weight excluding hydrogens is 262 g/mol. The first kappa shape index (κ1) is 13.4. The highest BCUT2D eigenvalue weighted by Crippen LogP contribution is 2.27. The van der Waals surface area contributed by atoms with Gasteiger partial charge in [0.05, 0.1) is 18.4 Å². The van der Waals surface area contributed by atoms with Gasteiger partial charge in [-0.15, -0.1) is 0 Å². The Morgan fingerprint density at radius 2 is 2.21 bits per heavy atom. The van der Waals surface area contributed by atoms with Crippen LogP contribution in [0.4, 0.5) is 5.69 Å². The lowest BCUT2D eigenvalue weighted by Gasteiger charge is -2.21. The molecule has 0 saturated heterocycles. The molecule has 1 heterocycles. The number of rotatable bonds is 5. The molecule has 0 amide bonds. The third kappa shape index (κ3) is 3.06. The number of benzene rings is 1. The average molecular weight is 277 g/mol. The minimum absolute atomic E-state index is 0.276. The van der Waals surface area contributed by atoms with Gasteiger partial charge in [-0.3, -0.25) is 0 Å². The summed E-state index contributed by atoms with van der Waals surface area (Å²) in [5.74, 6) is -0.285. The second kappa shape index (κ2) is 5.75. The van der Waals surface area contributed by atoms with E-state index >= 15 is 0 Å². The monoisotopic (exact) mass is 277 g/mol. The molecule has 0 bridgehead atoms. The molecule has 0 aliphatic rings. The average Bonchev–Trinajstić information content (AvgIpc) is 2.90. The highest BCUT2D eigenvalue weighted by molar-refractivity contribution is 7.07. The maximum Gasteiger partial charge on any atom is 0.337 e. The third-order valence-corrected chi connectivity index (χ3v) is 3.58. The summed E-state index contributed by atoms with van der Waals surface area (Å²) in [5, 5.41) is 13.3. The van der Waals surface area contributed by atoms with Crippen LogP contribution in [0, 0.1) is 0 Å². The molecule has 1 N–H and O–H groups in total. The molecule has 0 aliphatic carbocycles. The van der Waals surface area contributed by atoms with Gasteiger partial charge in [0.2, 0.25) is 0 Å². The van der Waals surface area contributed by atoms with Crippen molar-refractivity contribution in [2.24, 2.45) is 0 Å². The number of hydrogen-bond acceptors (Lipinski definition) is 4. The zero-order valence-corrected chi connectivity index (χ0v) is 11.6. The lowest BCUT2D eigenvalue weighted by molar-refractivity contribution is 0.0697. The van der Waals surface area contributed by atoms with E-state index in [1.807, 2.05) is 23.4 Å². The van der Waals surface area contributed by atoms with Crippen LogP contribution in [0.25, 0.3) is 0 Å². The zero-order valence-electron chi connectivity index (χ0n) is 10.8. The fraction of sp³-hybridized carbons (Fsp3) is 0.214. The molecule has 19 heavy (non-hydrogen) atoms. The van der Waals surface area contributed by atoms with Crippen molar-refractivity contribution in [3.8, 4) is 5.75 Å². The molecule has 0 spiro atoms. The first-order valence-corrected chi connectivity index (χ1v) is 6.69. The molecule has 0 saturated carbocycles. The minimum atomic E-state index is -0.935. The molecule has 1 aromatic carbocycles. The van der Waals surface area contributed by atoms with Crippen molar-refractivity contribution in [2.45, 2.75) is 6.54 Å². The van der Waals surface area contributed by atoms with E-state index in [2.05, 4.69) is 5.38 Å². The molecule has 0 radical (unpaired) electrons. The van der Waals surface area contributed by atoms with Gasteiger partial charge >= 0.3 is 5.97 Å². The third-order valence-electron chi connectivity index (χ3n) is 2.85. The highest BCUT2D eigenvalue weighted by atomic mass is 32.1. The van der Waals surface area contributed by atoms with Crippen molar-refractivity contribution >= 4 is 23.0 Å². The zero-order chi connectivity index (χ0) is 13.8. The van der Waals surface area contributed by atoms with Crippen molar-refractivity contribution in [1.82, 2.24) is 0 Å². The maximum atomic E-state index is 11.3. The van der Waals surface area contributed by atoms with Crippen molar-refractivity contribution < 1.29 is 14.6 Å². The Hall–Kier alpha value is -2.01. The van der Waals surface area contributed by atoms with Gasteiger partial charge in [0.15, 0.2) is 0 Å². The molecule has 0 atom stereocenters. The number of thiophene rings is 1. The summed E-state index contributed by atoms with van der Waals surface area (Å²) < 4.78 is 5.16. The largest absolute Gasteiger partial charge is 0.497 e. The summed E-state index contributed by atoms with van der Waals surface area (Å²) in [6.07, 6.45) is 0. The lowest BCUT2D eigenvalue weighted by atomic mass is 10.1. The summed E-state index contributed by atoms with van der Waals surface area (Å²) in [5.41, 5.74) is 2.09. The molecular formula is C14H15NO3S. The predicted molar refractivity (Wildman–Crippen MR) is 76.4 cm³/mol. The number of hydrogen-bond donors (Lipinski definition) is 1. The van der Waals surface area contributed by atoms with Crippen LogP contribution in [0.3, 0.4) is 0 Å². The van der Waals surface area contributed by atoms with Gasteiger partial charge in [0, 0.05) is 19.7 Å². The number of carbonyl (C=O) groups is 1. The summed E-state index contributed by atoms with van der Waals surface area (Å²) in [6.45, 7) is 0.664. The molecule has 0 unspecified atom stereocenters. The fourth-order valence-electron chi connectivity index (χ4n) is 1.88. The van der Waals surface area contributed by atoms with Crippen LogP contribution in [-0.2, 0) is 6.54 Å². The van der Waals surface area contributed by atoms with E-state index in [0.717, 1.165) is 5.56 Å². The molecule has 2 rings (SSSR count). The fourth-order valence-corrected chi connectivity index (χ4v) is 2.54. The van der Waals surface area contributed by atoms with E-state index in [-0.39, 0.29) is 5.56 Å². The summed E-state index contributed by atoms with van der Waals surface area (Å²) in [4.78, 5) is 13.2. The summed E-state index contributed by atoms with van der Waals surface area (Å²) >= 11 is 1.63. The van der Waals surface area contributed by atoms with Gasteiger partial charge in [-0.05, 0) is 34.5 Å². The standard InChI is InChI=1S/C14H15NO3S/c1-15(8-10-5-6-19-9-10)13-7-11(18-2)3-4-12(13)14(16)17/h3-7,9H,8H2,1-2H3,(H,16,17). The molecule has 5 heteroatoms. The quantitative estimate of drug-likeness (QED) is 0.912. The summed E-state index contributed by atoms with van der Waals surface area (Å²) in [6, 6.07) is 7.00. The second-order valence-electron chi connectivity index (χ2n) is 4.18. The van der Waals surface area contributed by atoms with Crippen LogP contribution >= 0.6 is 11.3 Å². The Balaban J connectivity index is 2.32. The van der Waals surface area contributed by atoms with E-state index < -0.39 is 5.97 Å². The van der Waals surface area contributed by atoms with Crippen LogP contribution in [0.1, 0.15) is 15.9 Å². The predicted octanol–water partition coefficient (Wildman–Crippen LogP) is 3.09. The first-order valence-electron chi connectivity index (χ1n) is 5.75. The number of anilines is 1. The van der Waals surface area contributed by atoms with Crippen LogP contribution in [0.2, 0.25) is 0 Å². The Morgan fingerprint density at radius 1 is 1.42 bits per heavy atom. The normalized spacial score (nSPS) is 10.2. The van der Waals surface area contributed by atoms with Gasteiger partial charge in [-0.25, -0.2) is 4.79 Å². The van der Waals surface area contributed by atoms with E-state index in [4.69, 9.17) is 4.74 Å². The summed E-state index contributed by atoms with van der Waals surface area (Å²) in [7, 11) is 3.44. The van der Waals surface area contributed by atoms with Gasteiger partial charge in [0.25, 0.3) is 0 Å². The smallest absolute Gasteiger partial charge is 0.337 e. The van der Waals surface area contributed by atoms with Crippen molar-refractivity contribution in [3.05, 3.63) is 46.2 Å². The van der Waals surface area contributed by atoms with E-state index in [0.29, 0.717) is 18.0 Å². The van der Waals surface area contributed by atoms with E-state index in [9.17, 15) is 9.90 Å². The van der Waals surface area contributed by atoms with Crippen LogP contribution in [0.5, 0.6) is 5.75 Å². The topological polar surface area (TPSA) is 49.8 Å². The Kier molecular flexibility index (Phi) is 4.06. The minimum Gasteiger partial charge on any atom is -0.497 e. The lowest BCUT2D eigenvalue weighted by Crippen LogP contribution is -2.19. The van der Waals surface area contributed by atoms with Gasteiger partial charge in [-0.1, -0.05) is 0 Å². The molecule has 4 nitrogen and oxygen atoms in total. The van der Waals surface area contributed by atoms with Crippen LogP contribution in [0.15, 0.2) is 35.0 Å². The maximum absolute atomic E-state index is 11.3. The number of nitrogens with zero attached hydrogens (tertiary/aromatic N) is 1. The van der Waals surface area contributed by atoms with Crippen molar-refractivity contribution in [2.75, 3.05) is 19.1 Å². The Morgan fingerprint density at radius 3 is 2.79 bits per heavy atom. The van der Waals surface area contributed by atoms with Gasteiger partial charge < -0.3 is 14.7 Å². The molecule has 2 aromatic rings. The molecule has 1 aromatic heterocycles. The first-order chi connectivity index (χ1) is 9.11. The number of aromatic carboxylic acids is 1. The van der Waals surface area contributed by atoms with Gasteiger partial charge in [-0.2, -0.15) is 11.3 Å². The number of carboxylic acid groups (broad SMARTS) is 1. The molecule has 0 fully saturated rings. The SMILES string of the molecule is COc1ccc(C(=O)O)c(N(C)Cc2ccsc2)c1. The second-order valence-corrected chi connectivity index (χ2v) is 4.96. The Bertz CT molecular complexity index is 566.